The molecule has 0 atom stereocenters. The summed E-state index contributed by atoms with van der Waals surface area (Å²) < 4.78 is 40.0. The van der Waals surface area contributed by atoms with Gasteiger partial charge in [-0.05, 0) is 31.2 Å². The van der Waals surface area contributed by atoms with Crippen LogP contribution in [0, 0.1) is 22.9 Å². The SMILES string of the molecule is Cc1ccc(S(=O)(=O)Nc2cc(Cl)ccc2F)cc1[N+](=O)[O-]. The fraction of sp³-hybridized carbons (Fsp3) is 0.0769. The maximum absolute atomic E-state index is 13.6. The van der Waals surface area contributed by atoms with Crippen molar-refractivity contribution < 1.29 is 17.7 Å². The minimum Gasteiger partial charge on any atom is -0.277 e. The van der Waals surface area contributed by atoms with E-state index in [0.29, 0.717) is 5.56 Å². The lowest BCUT2D eigenvalue weighted by atomic mass is 10.2. The first-order valence-electron chi connectivity index (χ1n) is 5.93. The summed E-state index contributed by atoms with van der Waals surface area (Å²) in [5, 5.41) is 11.0. The lowest BCUT2D eigenvalue weighted by Gasteiger charge is -2.09. The molecule has 2 aromatic rings. The molecule has 0 bridgehead atoms. The van der Waals surface area contributed by atoms with Gasteiger partial charge in [-0.15, -0.1) is 0 Å². The van der Waals surface area contributed by atoms with Crippen molar-refractivity contribution in [3.8, 4) is 0 Å². The molecule has 2 aromatic carbocycles. The van der Waals surface area contributed by atoms with Gasteiger partial charge in [-0.1, -0.05) is 17.7 Å². The van der Waals surface area contributed by atoms with E-state index in [1.54, 1.807) is 0 Å². The Balaban J connectivity index is 2.45. The maximum atomic E-state index is 13.6. The molecule has 0 fully saturated rings. The second-order valence-corrected chi connectivity index (χ2v) is 6.55. The molecular weight excluding hydrogens is 335 g/mol. The first-order valence-corrected chi connectivity index (χ1v) is 7.80. The third-order valence-electron chi connectivity index (χ3n) is 2.86. The van der Waals surface area contributed by atoms with Gasteiger partial charge in [0.05, 0.1) is 15.5 Å². The topological polar surface area (TPSA) is 89.3 Å². The van der Waals surface area contributed by atoms with Crippen LogP contribution >= 0.6 is 11.6 Å². The molecule has 2 rings (SSSR count). The van der Waals surface area contributed by atoms with E-state index < -0.39 is 20.8 Å². The van der Waals surface area contributed by atoms with E-state index in [2.05, 4.69) is 0 Å². The van der Waals surface area contributed by atoms with Gasteiger partial charge in [-0.25, -0.2) is 12.8 Å². The van der Waals surface area contributed by atoms with Crippen LogP contribution in [-0.2, 0) is 10.0 Å². The first-order chi connectivity index (χ1) is 10.2. The van der Waals surface area contributed by atoms with Crippen LogP contribution in [0.3, 0.4) is 0 Å². The van der Waals surface area contributed by atoms with Gasteiger partial charge in [0.2, 0.25) is 0 Å². The molecule has 0 saturated heterocycles. The van der Waals surface area contributed by atoms with Gasteiger partial charge in [0.1, 0.15) is 5.82 Å². The summed E-state index contributed by atoms with van der Waals surface area (Å²) in [6, 6.07) is 6.81. The van der Waals surface area contributed by atoms with Crippen LogP contribution in [-0.4, -0.2) is 13.3 Å². The number of anilines is 1. The lowest BCUT2D eigenvalue weighted by molar-refractivity contribution is -0.385. The van der Waals surface area contributed by atoms with Gasteiger partial charge in [0.15, 0.2) is 0 Å². The molecule has 9 heteroatoms. The van der Waals surface area contributed by atoms with Crippen LogP contribution in [0.1, 0.15) is 5.56 Å². The summed E-state index contributed by atoms with van der Waals surface area (Å²) in [7, 11) is -4.18. The number of nitro groups is 1. The Kier molecular flexibility index (Phi) is 4.34. The van der Waals surface area contributed by atoms with Crippen molar-refractivity contribution in [2.24, 2.45) is 0 Å². The molecule has 0 heterocycles. The predicted molar refractivity (Wildman–Crippen MR) is 80.1 cm³/mol. The Morgan fingerprint density at radius 3 is 2.55 bits per heavy atom. The summed E-state index contributed by atoms with van der Waals surface area (Å²) in [5.74, 6) is -0.811. The summed E-state index contributed by atoms with van der Waals surface area (Å²) in [6.45, 7) is 1.48. The molecule has 0 spiro atoms. The molecule has 0 unspecified atom stereocenters. The van der Waals surface area contributed by atoms with Crippen LogP contribution in [0.5, 0.6) is 0 Å². The van der Waals surface area contributed by atoms with Crippen molar-refractivity contribution in [1.29, 1.82) is 0 Å². The van der Waals surface area contributed by atoms with Crippen molar-refractivity contribution in [3.05, 3.63) is 62.9 Å². The molecule has 116 valence electrons. The Morgan fingerprint density at radius 2 is 1.91 bits per heavy atom. The molecule has 0 aliphatic heterocycles. The fourth-order valence-corrected chi connectivity index (χ4v) is 2.98. The zero-order valence-electron chi connectivity index (χ0n) is 11.2. The summed E-state index contributed by atoms with van der Waals surface area (Å²) in [6.07, 6.45) is 0. The Labute approximate surface area is 130 Å². The predicted octanol–water partition coefficient (Wildman–Crippen LogP) is 3.50. The molecule has 6 nitrogen and oxygen atoms in total. The van der Waals surface area contributed by atoms with Gasteiger partial charge < -0.3 is 0 Å². The van der Waals surface area contributed by atoms with Crippen LogP contribution in [0.2, 0.25) is 5.02 Å². The standard InChI is InChI=1S/C13H10ClFN2O4S/c1-8-2-4-10(7-13(8)17(18)19)22(20,21)16-12-6-9(14)3-5-11(12)15/h2-7,16H,1H3. The van der Waals surface area contributed by atoms with Crippen LogP contribution in [0.4, 0.5) is 15.8 Å². The number of benzene rings is 2. The van der Waals surface area contributed by atoms with E-state index in [9.17, 15) is 22.9 Å². The minimum absolute atomic E-state index is 0.147. The van der Waals surface area contributed by atoms with Crippen molar-refractivity contribution in [3.63, 3.8) is 0 Å². The second kappa shape index (κ2) is 5.90. The van der Waals surface area contributed by atoms with Crippen molar-refractivity contribution in [2.45, 2.75) is 11.8 Å². The average Bonchev–Trinajstić information content (AvgIpc) is 2.42. The molecule has 0 aliphatic rings. The number of nitro benzene ring substituents is 1. The van der Waals surface area contributed by atoms with Gasteiger partial charge in [-0.3, -0.25) is 14.8 Å². The highest BCUT2D eigenvalue weighted by molar-refractivity contribution is 7.92. The number of sulfonamides is 1. The number of nitrogens with zero attached hydrogens (tertiary/aromatic N) is 1. The summed E-state index contributed by atoms with van der Waals surface area (Å²) >= 11 is 5.69. The van der Waals surface area contributed by atoms with E-state index in [1.807, 2.05) is 4.72 Å². The smallest absolute Gasteiger partial charge is 0.273 e. The summed E-state index contributed by atoms with van der Waals surface area (Å²) in [4.78, 5) is 9.84. The molecule has 0 saturated carbocycles. The van der Waals surface area contributed by atoms with E-state index >= 15 is 0 Å². The third-order valence-corrected chi connectivity index (χ3v) is 4.46. The van der Waals surface area contributed by atoms with E-state index in [4.69, 9.17) is 11.6 Å². The highest BCUT2D eigenvalue weighted by Gasteiger charge is 2.21. The molecular formula is C13H10ClFN2O4S. The maximum Gasteiger partial charge on any atom is 0.273 e. The van der Waals surface area contributed by atoms with Crippen LogP contribution < -0.4 is 4.72 Å². The van der Waals surface area contributed by atoms with E-state index in [-0.39, 0.29) is 21.3 Å². The zero-order valence-corrected chi connectivity index (χ0v) is 12.8. The second-order valence-electron chi connectivity index (χ2n) is 4.44. The van der Waals surface area contributed by atoms with E-state index in [0.717, 1.165) is 18.2 Å². The monoisotopic (exact) mass is 344 g/mol. The average molecular weight is 345 g/mol. The highest BCUT2D eigenvalue weighted by Crippen LogP contribution is 2.26. The Bertz CT molecular complexity index is 855. The number of hydrogen-bond donors (Lipinski definition) is 1. The van der Waals surface area contributed by atoms with Gasteiger partial charge in [0.25, 0.3) is 15.7 Å². The molecule has 0 aliphatic carbocycles. The largest absolute Gasteiger partial charge is 0.277 e. The summed E-state index contributed by atoms with van der Waals surface area (Å²) in [5.41, 5.74) is -0.358. The van der Waals surface area contributed by atoms with Crippen molar-refractivity contribution >= 4 is 33.0 Å². The van der Waals surface area contributed by atoms with Crippen molar-refractivity contribution in [1.82, 2.24) is 0 Å². The minimum atomic E-state index is -4.18. The zero-order chi connectivity index (χ0) is 16.5. The van der Waals surface area contributed by atoms with Crippen LogP contribution in [0.15, 0.2) is 41.3 Å². The Morgan fingerprint density at radius 1 is 1.23 bits per heavy atom. The molecule has 1 N–H and O–H groups in total. The fourth-order valence-electron chi connectivity index (χ4n) is 1.73. The van der Waals surface area contributed by atoms with E-state index in [1.165, 1.54) is 25.1 Å². The molecule has 0 amide bonds. The number of halogens is 2. The normalized spacial score (nSPS) is 11.2. The highest BCUT2D eigenvalue weighted by atomic mass is 35.5. The lowest BCUT2D eigenvalue weighted by Crippen LogP contribution is -2.14. The molecule has 0 radical (unpaired) electrons. The third kappa shape index (κ3) is 3.34. The quantitative estimate of drug-likeness (QED) is 0.679. The van der Waals surface area contributed by atoms with Crippen molar-refractivity contribution in [2.75, 3.05) is 4.72 Å². The number of nitrogens with one attached hydrogen (secondary N) is 1. The molecule has 22 heavy (non-hydrogen) atoms. The number of rotatable bonds is 4. The van der Waals surface area contributed by atoms with Gasteiger partial charge >= 0.3 is 0 Å². The molecule has 0 aromatic heterocycles. The van der Waals surface area contributed by atoms with Gasteiger partial charge in [-0.2, -0.15) is 0 Å². The first kappa shape index (κ1) is 16.2. The van der Waals surface area contributed by atoms with Crippen LogP contribution in [0.25, 0.3) is 0 Å². The van der Waals surface area contributed by atoms with Gasteiger partial charge in [0, 0.05) is 16.7 Å². The Hall–Kier alpha value is -2.19. The number of aryl methyl sites for hydroxylation is 1. The number of hydrogen-bond acceptors (Lipinski definition) is 4.